The number of benzene rings is 2. The van der Waals surface area contributed by atoms with Crippen LogP contribution in [0, 0.1) is 0 Å². The van der Waals surface area contributed by atoms with Crippen molar-refractivity contribution in [1.82, 2.24) is 10.6 Å². The predicted octanol–water partition coefficient (Wildman–Crippen LogP) is 1.000. The number of hydrogen-bond acceptors (Lipinski definition) is 4. The van der Waals surface area contributed by atoms with Crippen LogP contribution in [-0.4, -0.2) is 41.4 Å². The molecule has 1 unspecified atom stereocenters. The number of aliphatic hydroxyl groups is 1. The van der Waals surface area contributed by atoms with Crippen molar-refractivity contribution in [2.24, 2.45) is 0 Å². The maximum absolute atomic E-state index is 12.2. The molecule has 1 saturated heterocycles. The minimum absolute atomic E-state index is 0.0258. The Kier molecular flexibility index (Phi) is 3.53. The lowest BCUT2D eigenvalue weighted by molar-refractivity contribution is 0.0561. The first-order valence-corrected chi connectivity index (χ1v) is 7.01. The lowest BCUT2D eigenvalue weighted by Crippen LogP contribution is -2.44. The highest BCUT2D eigenvalue weighted by Gasteiger charge is 2.31. The van der Waals surface area contributed by atoms with Crippen molar-refractivity contribution in [2.45, 2.75) is 12.0 Å². The van der Waals surface area contributed by atoms with Crippen LogP contribution in [0.5, 0.6) is 5.75 Å². The van der Waals surface area contributed by atoms with Crippen LogP contribution in [0.4, 0.5) is 0 Å². The summed E-state index contributed by atoms with van der Waals surface area (Å²) in [4.78, 5) is 12.2. The number of amides is 1. The average molecular weight is 286 g/mol. The Morgan fingerprint density at radius 2 is 2.10 bits per heavy atom. The Morgan fingerprint density at radius 3 is 2.86 bits per heavy atom. The summed E-state index contributed by atoms with van der Waals surface area (Å²) in [5.41, 5.74) is -0.675. The number of aromatic hydroxyl groups is 1. The van der Waals surface area contributed by atoms with Crippen molar-refractivity contribution in [2.75, 3.05) is 19.6 Å². The van der Waals surface area contributed by atoms with E-state index in [0.717, 1.165) is 11.9 Å². The van der Waals surface area contributed by atoms with Crippen molar-refractivity contribution in [3.05, 3.63) is 42.0 Å². The number of rotatable bonds is 3. The molecule has 2 aromatic carbocycles. The number of phenolic OH excluding ortho intramolecular Hbond substituents is 1. The van der Waals surface area contributed by atoms with Gasteiger partial charge in [-0.25, -0.2) is 0 Å². The molecule has 1 fully saturated rings. The lowest BCUT2D eigenvalue weighted by Gasteiger charge is -2.21. The van der Waals surface area contributed by atoms with Gasteiger partial charge in [0.05, 0.1) is 11.2 Å². The summed E-state index contributed by atoms with van der Waals surface area (Å²) >= 11 is 0. The second-order valence-electron chi connectivity index (χ2n) is 5.52. The molecule has 0 spiro atoms. The van der Waals surface area contributed by atoms with Crippen LogP contribution in [0.15, 0.2) is 36.4 Å². The summed E-state index contributed by atoms with van der Waals surface area (Å²) in [6.45, 7) is 1.38. The predicted molar refractivity (Wildman–Crippen MR) is 80.4 cm³/mol. The molecule has 1 aliphatic rings. The topological polar surface area (TPSA) is 81.6 Å². The molecule has 1 heterocycles. The third kappa shape index (κ3) is 2.70. The molecular weight excluding hydrogens is 268 g/mol. The number of carbonyl (C=O) groups is 1. The highest BCUT2D eigenvalue weighted by molar-refractivity contribution is 6.03. The van der Waals surface area contributed by atoms with Crippen molar-refractivity contribution in [1.29, 1.82) is 0 Å². The highest BCUT2D eigenvalue weighted by atomic mass is 16.3. The van der Waals surface area contributed by atoms with E-state index in [0.29, 0.717) is 18.4 Å². The number of phenols is 1. The first kappa shape index (κ1) is 13.9. The Morgan fingerprint density at radius 1 is 1.29 bits per heavy atom. The van der Waals surface area contributed by atoms with Gasteiger partial charge in [-0.2, -0.15) is 0 Å². The van der Waals surface area contributed by atoms with Crippen LogP contribution in [0.2, 0.25) is 0 Å². The maximum atomic E-state index is 12.2. The Hall–Kier alpha value is -2.11. The van der Waals surface area contributed by atoms with E-state index in [1.54, 1.807) is 18.2 Å². The van der Waals surface area contributed by atoms with Crippen LogP contribution in [0.1, 0.15) is 16.8 Å². The van der Waals surface area contributed by atoms with Crippen LogP contribution < -0.4 is 10.6 Å². The van der Waals surface area contributed by atoms with E-state index in [-0.39, 0.29) is 23.8 Å². The standard InChI is InChI=1S/C16H18N2O3/c19-14-12-4-2-1-3-11(12)5-6-13(14)15(20)18-10-16(21)7-8-17-9-16/h1-6,17,19,21H,7-10H2,(H,18,20). The summed E-state index contributed by atoms with van der Waals surface area (Å²) in [6, 6.07) is 10.8. The van der Waals surface area contributed by atoms with Gasteiger partial charge in [-0.05, 0) is 24.4 Å². The Bertz CT molecular complexity index is 678. The Balaban J connectivity index is 1.80. The molecule has 1 amide bonds. The summed E-state index contributed by atoms with van der Waals surface area (Å²) in [7, 11) is 0. The quantitative estimate of drug-likeness (QED) is 0.678. The summed E-state index contributed by atoms with van der Waals surface area (Å²) in [5, 5.41) is 27.7. The molecule has 0 saturated carbocycles. The fourth-order valence-corrected chi connectivity index (χ4v) is 2.66. The minimum Gasteiger partial charge on any atom is -0.506 e. The molecule has 1 aliphatic heterocycles. The molecule has 0 aliphatic carbocycles. The molecule has 4 N–H and O–H groups in total. The molecule has 0 aromatic heterocycles. The number of carbonyl (C=O) groups excluding carboxylic acids is 1. The van der Waals surface area contributed by atoms with Crippen molar-refractivity contribution >= 4 is 16.7 Å². The van der Waals surface area contributed by atoms with Gasteiger partial charge < -0.3 is 20.8 Å². The normalized spacial score (nSPS) is 21.6. The number of hydrogen-bond donors (Lipinski definition) is 4. The summed E-state index contributed by atoms with van der Waals surface area (Å²) in [6.07, 6.45) is 0.608. The lowest BCUT2D eigenvalue weighted by atomic mass is 10.0. The van der Waals surface area contributed by atoms with Crippen LogP contribution in [0.25, 0.3) is 10.8 Å². The highest BCUT2D eigenvalue weighted by Crippen LogP contribution is 2.28. The molecule has 5 heteroatoms. The molecule has 3 rings (SSSR count). The Labute approximate surface area is 122 Å². The van der Waals surface area contributed by atoms with Gasteiger partial charge in [0.15, 0.2) is 0 Å². The molecule has 21 heavy (non-hydrogen) atoms. The second-order valence-corrected chi connectivity index (χ2v) is 5.52. The molecular formula is C16H18N2O3. The van der Waals surface area contributed by atoms with Gasteiger partial charge in [0, 0.05) is 18.5 Å². The van der Waals surface area contributed by atoms with E-state index in [9.17, 15) is 15.0 Å². The first-order valence-electron chi connectivity index (χ1n) is 7.01. The van der Waals surface area contributed by atoms with E-state index in [4.69, 9.17) is 0 Å². The van der Waals surface area contributed by atoms with Gasteiger partial charge >= 0.3 is 0 Å². The van der Waals surface area contributed by atoms with E-state index in [2.05, 4.69) is 10.6 Å². The largest absolute Gasteiger partial charge is 0.506 e. The second kappa shape index (κ2) is 5.35. The fourth-order valence-electron chi connectivity index (χ4n) is 2.66. The smallest absolute Gasteiger partial charge is 0.255 e. The molecule has 2 aromatic rings. The maximum Gasteiger partial charge on any atom is 0.255 e. The number of fused-ring (bicyclic) bond motifs is 1. The zero-order valence-electron chi connectivity index (χ0n) is 11.6. The number of β-amino-alcohol motifs (C(OH)–C–C–N with tert-alkyl or cyclic N) is 1. The monoisotopic (exact) mass is 286 g/mol. The van der Waals surface area contributed by atoms with E-state index in [1.165, 1.54) is 0 Å². The van der Waals surface area contributed by atoms with Crippen LogP contribution in [0.3, 0.4) is 0 Å². The van der Waals surface area contributed by atoms with Crippen molar-refractivity contribution in [3.63, 3.8) is 0 Å². The van der Waals surface area contributed by atoms with Gasteiger partial charge in [-0.15, -0.1) is 0 Å². The first-order chi connectivity index (χ1) is 10.1. The summed E-state index contributed by atoms with van der Waals surface area (Å²) < 4.78 is 0. The SMILES string of the molecule is O=C(NCC1(O)CCNC1)c1ccc2ccccc2c1O. The minimum atomic E-state index is -0.901. The van der Waals surface area contributed by atoms with E-state index >= 15 is 0 Å². The third-order valence-electron chi connectivity index (χ3n) is 3.94. The summed E-state index contributed by atoms with van der Waals surface area (Å²) in [5.74, 6) is -0.402. The number of nitrogens with one attached hydrogen (secondary N) is 2. The van der Waals surface area contributed by atoms with Gasteiger partial charge in [0.25, 0.3) is 5.91 Å². The third-order valence-corrected chi connectivity index (χ3v) is 3.94. The van der Waals surface area contributed by atoms with Gasteiger partial charge in [0.1, 0.15) is 5.75 Å². The zero-order chi connectivity index (χ0) is 14.9. The van der Waals surface area contributed by atoms with Crippen molar-refractivity contribution < 1.29 is 15.0 Å². The molecule has 1 atom stereocenters. The molecule has 110 valence electrons. The van der Waals surface area contributed by atoms with Gasteiger partial charge in [0.2, 0.25) is 0 Å². The van der Waals surface area contributed by atoms with Gasteiger partial charge in [-0.1, -0.05) is 30.3 Å². The fraction of sp³-hybridized carbons (Fsp3) is 0.312. The molecule has 0 radical (unpaired) electrons. The molecule has 0 bridgehead atoms. The zero-order valence-corrected chi connectivity index (χ0v) is 11.6. The van der Waals surface area contributed by atoms with E-state index in [1.807, 2.05) is 18.2 Å². The van der Waals surface area contributed by atoms with Crippen LogP contribution in [-0.2, 0) is 0 Å². The average Bonchev–Trinajstić information content (AvgIpc) is 2.93. The van der Waals surface area contributed by atoms with Crippen molar-refractivity contribution in [3.8, 4) is 5.75 Å². The van der Waals surface area contributed by atoms with Crippen LogP contribution >= 0.6 is 0 Å². The molecule has 5 nitrogen and oxygen atoms in total. The van der Waals surface area contributed by atoms with E-state index < -0.39 is 5.60 Å². The van der Waals surface area contributed by atoms with Gasteiger partial charge in [-0.3, -0.25) is 4.79 Å².